The summed E-state index contributed by atoms with van der Waals surface area (Å²) in [5.74, 6) is 0.0595. The number of hydrogen-bond donors (Lipinski definition) is 1. The standard InChI is InChI=1S/C24H29N3O5/c1-24(2,3)25-21(28)20-16-26(22(29)32-19-12-8-5-9-13-19)14-15-27(20)23(30)31-17-18-10-6-4-7-11-18/h4-13,20H,14-17H2,1-3H3,(H,25,28)/t20-/m1/s1. The molecule has 32 heavy (non-hydrogen) atoms. The van der Waals surface area contributed by atoms with Gasteiger partial charge in [-0.05, 0) is 38.5 Å². The fourth-order valence-corrected chi connectivity index (χ4v) is 3.30. The smallest absolute Gasteiger partial charge is 0.415 e. The van der Waals surface area contributed by atoms with Crippen LogP contribution in [-0.4, -0.2) is 59.1 Å². The van der Waals surface area contributed by atoms with Crippen LogP contribution in [0.4, 0.5) is 9.59 Å². The van der Waals surface area contributed by atoms with Gasteiger partial charge in [0.15, 0.2) is 0 Å². The number of ether oxygens (including phenoxy) is 2. The summed E-state index contributed by atoms with van der Waals surface area (Å²) in [6.45, 7) is 6.05. The van der Waals surface area contributed by atoms with E-state index in [0.717, 1.165) is 5.56 Å². The van der Waals surface area contributed by atoms with Gasteiger partial charge in [-0.25, -0.2) is 9.59 Å². The third kappa shape index (κ3) is 6.47. The molecule has 1 heterocycles. The van der Waals surface area contributed by atoms with Crippen LogP contribution in [0.3, 0.4) is 0 Å². The molecule has 1 aliphatic rings. The molecule has 1 saturated heterocycles. The van der Waals surface area contributed by atoms with Gasteiger partial charge >= 0.3 is 12.2 Å². The monoisotopic (exact) mass is 439 g/mol. The number of carbonyl (C=O) groups is 3. The summed E-state index contributed by atoms with van der Waals surface area (Å²) >= 11 is 0. The Bertz CT molecular complexity index is 928. The summed E-state index contributed by atoms with van der Waals surface area (Å²) in [4.78, 5) is 41.2. The number of rotatable bonds is 4. The minimum absolute atomic E-state index is 0.00795. The molecule has 170 valence electrons. The van der Waals surface area contributed by atoms with E-state index in [-0.39, 0.29) is 32.1 Å². The number of nitrogens with zero attached hydrogens (tertiary/aromatic N) is 2. The van der Waals surface area contributed by atoms with Crippen LogP contribution in [0.1, 0.15) is 26.3 Å². The maximum Gasteiger partial charge on any atom is 0.415 e. The van der Waals surface area contributed by atoms with E-state index in [2.05, 4.69) is 5.32 Å². The fraction of sp³-hybridized carbons (Fsp3) is 0.375. The fourth-order valence-electron chi connectivity index (χ4n) is 3.30. The highest BCUT2D eigenvalue weighted by Gasteiger charge is 2.39. The molecular weight excluding hydrogens is 410 g/mol. The van der Waals surface area contributed by atoms with Crippen molar-refractivity contribution in [2.75, 3.05) is 19.6 Å². The number of benzene rings is 2. The molecule has 0 radical (unpaired) electrons. The quantitative estimate of drug-likeness (QED) is 0.789. The van der Waals surface area contributed by atoms with Crippen molar-refractivity contribution in [1.82, 2.24) is 15.1 Å². The average molecular weight is 440 g/mol. The van der Waals surface area contributed by atoms with Gasteiger partial charge in [-0.3, -0.25) is 9.69 Å². The van der Waals surface area contributed by atoms with Crippen molar-refractivity contribution in [3.8, 4) is 5.75 Å². The molecular formula is C24H29N3O5. The second kappa shape index (κ2) is 10.2. The summed E-state index contributed by atoms with van der Waals surface area (Å²) in [5.41, 5.74) is 0.352. The summed E-state index contributed by atoms with van der Waals surface area (Å²) in [5, 5.41) is 2.89. The lowest BCUT2D eigenvalue weighted by molar-refractivity contribution is -0.129. The highest BCUT2D eigenvalue weighted by atomic mass is 16.6. The Morgan fingerprint density at radius 3 is 2.19 bits per heavy atom. The van der Waals surface area contributed by atoms with E-state index in [1.807, 2.05) is 57.2 Å². The highest BCUT2D eigenvalue weighted by molar-refractivity contribution is 5.87. The van der Waals surface area contributed by atoms with Gasteiger partial charge in [-0.15, -0.1) is 0 Å². The van der Waals surface area contributed by atoms with E-state index in [1.54, 1.807) is 24.3 Å². The summed E-state index contributed by atoms with van der Waals surface area (Å²) in [6, 6.07) is 17.1. The minimum Gasteiger partial charge on any atom is -0.445 e. The molecule has 0 aliphatic carbocycles. The Morgan fingerprint density at radius 2 is 1.56 bits per heavy atom. The second-order valence-corrected chi connectivity index (χ2v) is 8.62. The summed E-state index contributed by atoms with van der Waals surface area (Å²) in [6.07, 6.45) is -1.17. The first-order chi connectivity index (χ1) is 15.2. The van der Waals surface area contributed by atoms with Crippen molar-refractivity contribution in [2.45, 2.75) is 39.0 Å². The third-order valence-corrected chi connectivity index (χ3v) is 4.83. The maximum absolute atomic E-state index is 13.0. The van der Waals surface area contributed by atoms with Gasteiger partial charge in [0.25, 0.3) is 0 Å². The molecule has 0 unspecified atom stereocenters. The van der Waals surface area contributed by atoms with Crippen molar-refractivity contribution in [3.05, 3.63) is 66.2 Å². The summed E-state index contributed by atoms with van der Waals surface area (Å²) in [7, 11) is 0. The highest BCUT2D eigenvalue weighted by Crippen LogP contribution is 2.17. The van der Waals surface area contributed by atoms with Gasteiger partial charge in [-0.1, -0.05) is 48.5 Å². The predicted molar refractivity (Wildman–Crippen MR) is 119 cm³/mol. The molecule has 8 heteroatoms. The van der Waals surface area contributed by atoms with Crippen LogP contribution in [0.5, 0.6) is 5.75 Å². The van der Waals surface area contributed by atoms with Crippen LogP contribution in [0.2, 0.25) is 0 Å². The van der Waals surface area contributed by atoms with Gasteiger partial charge in [0.2, 0.25) is 5.91 Å². The van der Waals surface area contributed by atoms with E-state index < -0.39 is 23.8 Å². The lowest BCUT2D eigenvalue weighted by Gasteiger charge is -2.40. The van der Waals surface area contributed by atoms with E-state index in [9.17, 15) is 14.4 Å². The Morgan fingerprint density at radius 1 is 0.938 bits per heavy atom. The molecule has 0 spiro atoms. The Hall–Kier alpha value is -3.55. The average Bonchev–Trinajstić information content (AvgIpc) is 2.77. The molecule has 2 aromatic carbocycles. The van der Waals surface area contributed by atoms with Crippen LogP contribution in [0.25, 0.3) is 0 Å². The Labute approximate surface area is 188 Å². The zero-order valence-corrected chi connectivity index (χ0v) is 18.6. The van der Waals surface area contributed by atoms with Gasteiger partial charge in [0.05, 0.1) is 6.54 Å². The van der Waals surface area contributed by atoms with Crippen LogP contribution >= 0.6 is 0 Å². The van der Waals surface area contributed by atoms with Gasteiger partial charge < -0.3 is 19.7 Å². The van der Waals surface area contributed by atoms with Crippen molar-refractivity contribution in [3.63, 3.8) is 0 Å². The first kappa shape index (κ1) is 23.1. The first-order valence-corrected chi connectivity index (χ1v) is 10.5. The molecule has 0 bridgehead atoms. The number of carbonyl (C=O) groups excluding carboxylic acids is 3. The summed E-state index contributed by atoms with van der Waals surface area (Å²) < 4.78 is 10.8. The predicted octanol–water partition coefficient (Wildman–Crippen LogP) is 3.42. The molecule has 0 saturated carbocycles. The molecule has 1 aliphatic heterocycles. The van der Waals surface area contributed by atoms with Crippen LogP contribution in [-0.2, 0) is 16.1 Å². The van der Waals surface area contributed by atoms with E-state index in [4.69, 9.17) is 9.47 Å². The second-order valence-electron chi connectivity index (χ2n) is 8.62. The van der Waals surface area contributed by atoms with Crippen LogP contribution < -0.4 is 10.1 Å². The van der Waals surface area contributed by atoms with Gasteiger partial charge in [0.1, 0.15) is 18.4 Å². The molecule has 0 aromatic heterocycles. The van der Waals surface area contributed by atoms with Crippen LogP contribution in [0.15, 0.2) is 60.7 Å². The number of piperazine rings is 1. The van der Waals surface area contributed by atoms with Crippen molar-refractivity contribution in [2.24, 2.45) is 0 Å². The molecule has 2 aromatic rings. The number of amides is 3. The maximum atomic E-state index is 13.0. The third-order valence-electron chi connectivity index (χ3n) is 4.83. The molecule has 8 nitrogen and oxygen atoms in total. The Kier molecular flexibility index (Phi) is 7.35. The van der Waals surface area contributed by atoms with E-state index >= 15 is 0 Å². The first-order valence-electron chi connectivity index (χ1n) is 10.5. The van der Waals surface area contributed by atoms with Crippen molar-refractivity contribution >= 4 is 18.1 Å². The minimum atomic E-state index is -0.894. The van der Waals surface area contributed by atoms with Crippen molar-refractivity contribution in [1.29, 1.82) is 0 Å². The largest absolute Gasteiger partial charge is 0.445 e. The molecule has 3 rings (SSSR count). The van der Waals surface area contributed by atoms with Crippen molar-refractivity contribution < 1.29 is 23.9 Å². The van der Waals surface area contributed by atoms with Gasteiger partial charge in [0, 0.05) is 18.6 Å². The zero-order valence-electron chi connectivity index (χ0n) is 18.6. The topological polar surface area (TPSA) is 88.2 Å². The zero-order chi connectivity index (χ0) is 23.1. The lowest BCUT2D eigenvalue weighted by Crippen LogP contribution is -2.63. The molecule has 1 fully saturated rings. The van der Waals surface area contributed by atoms with Gasteiger partial charge in [-0.2, -0.15) is 0 Å². The molecule has 1 atom stereocenters. The Balaban J connectivity index is 1.69. The number of hydrogen-bond acceptors (Lipinski definition) is 5. The number of para-hydroxylation sites is 1. The SMILES string of the molecule is CC(C)(C)NC(=O)[C@H]1CN(C(=O)Oc2ccccc2)CCN1C(=O)OCc1ccccc1. The molecule has 3 amide bonds. The van der Waals surface area contributed by atoms with E-state index in [0.29, 0.717) is 5.75 Å². The normalized spacial score (nSPS) is 16.3. The lowest BCUT2D eigenvalue weighted by atomic mass is 10.1. The molecule has 1 N–H and O–H groups in total. The van der Waals surface area contributed by atoms with Crippen LogP contribution in [0, 0.1) is 0 Å². The van der Waals surface area contributed by atoms with E-state index in [1.165, 1.54) is 9.80 Å². The number of nitrogens with one attached hydrogen (secondary N) is 1.